The molecule has 1 aromatic rings. The van der Waals surface area contributed by atoms with Crippen LogP contribution < -0.4 is 0 Å². The average molecular weight is 276 g/mol. The summed E-state index contributed by atoms with van der Waals surface area (Å²) in [5, 5.41) is 0. The van der Waals surface area contributed by atoms with Gasteiger partial charge in [0.05, 0.1) is 6.61 Å². The summed E-state index contributed by atoms with van der Waals surface area (Å²) in [4.78, 5) is 27.2. The largest absolute Gasteiger partial charge is 0.380 e. The summed E-state index contributed by atoms with van der Waals surface area (Å²) in [5.41, 5.74) is 1.73. The van der Waals surface area contributed by atoms with Gasteiger partial charge in [-0.1, -0.05) is 12.1 Å². The Morgan fingerprint density at radius 2 is 1.60 bits per heavy atom. The molecule has 0 spiro atoms. The molecule has 0 radical (unpaired) electrons. The summed E-state index contributed by atoms with van der Waals surface area (Å²) in [5.74, 6) is 0.0955. The highest BCUT2D eigenvalue weighted by atomic mass is 16.5. The number of benzene rings is 1. The second kappa shape index (κ2) is 6.52. The second-order valence-electron chi connectivity index (χ2n) is 4.93. The molecule has 1 saturated heterocycles. The van der Waals surface area contributed by atoms with Crippen LogP contribution in [0.5, 0.6) is 0 Å². The molecule has 1 aliphatic heterocycles. The van der Waals surface area contributed by atoms with Gasteiger partial charge in [0.1, 0.15) is 0 Å². The van der Waals surface area contributed by atoms with Gasteiger partial charge in [-0.3, -0.25) is 9.59 Å². The van der Waals surface area contributed by atoms with Crippen LogP contribution in [-0.2, 0) is 16.1 Å². The number of hydrogen-bond acceptors (Lipinski definition) is 3. The van der Waals surface area contributed by atoms with Crippen LogP contribution in [0.25, 0.3) is 0 Å². The van der Waals surface area contributed by atoms with Crippen molar-refractivity contribution in [2.45, 2.75) is 13.5 Å². The molecule has 1 aliphatic rings. The van der Waals surface area contributed by atoms with Gasteiger partial charge in [0.15, 0.2) is 0 Å². The zero-order valence-electron chi connectivity index (χ0n) is 12.0. The quantitative estimate of drug-likeness (QED) is 0.832. The number of ether oxygens (including phenoxy) is 1. The molecule has 5 nitrogen and oxygen atoms in total. The predicted molar refractivity (Wildman–Crippen MR) is 75.3 cm³/mol. The van der Waals surface area contributed by atoms with E-state index in [1.165, 1.54) is 0 Å². The van der Waals surface area contributed by atoms with Gasteiger partial charge in [-0.25, -0.2) is 0 Å². The third kappa shape index (κ3) is 3.36. The van der Waals surface area contributed by atoms with Crippen molar-refractivity contribution in [3.05, 3.63) is 35.4 Å². The van der Waals surface area contributed by atoms with Crippen LogP contribution in [0, 0.1) is 0 Å². The van der Waals surface area contributed by atoms with Crippen molar-refractivity contribution in [2.75, 3.05) is 33.3 Å². The van der Waals surface area contributed by atoms with Crippen molar-refractivity contribution in [2.24, 2.45) is 0 Å². The Kier molecular flexibility index (Phi) is 4.74. The predicted octanol–water partition coefficient (Wildman–Crippen LogP) is 1.14. The molecule has 5 heteroatoms. The van der Waals surface area contributed by atoms with Crippen LogP contribution in [-0.4, -0.2) is 54.9 Å². The van der Waals surface area contributed by atoms with Crippen molar-refractivity contribution < 1.29 is 14.3 Å². The smallest absolute Gasteiger partial charge is 0.253 e. The van der Waals surface area contributed by atoms with E-state index in [2.05, 4.69) is 0 Å². The molecule has 0 atom stereocenters. The molecule has 0 saturated carbocycles. The first-order valence-electron chi connectivity index (χ1n) is 6.74. The lowest BCUT2D eigenvalue weighted by atomic mass is 10.1. The highest BCUT2D eigenvalue weighted by molar-refractivity contribution is 5.94. The molecule has 2 rings (SSSR count). The fourth-order valence-electron chi connectivity index (χ4n) is 2.32. The number of nitrogens with zero attached hydrogens (tertiary/aromatic N) is 2. The Hall–Kier alpha value is -1.88. The first-order valence-corrected chi connectivity index (χ1v) is 6.74. The van der Waals surface area contributed by atoms with Crippen LogP contribution in [0.1, 0.15) is 22.8 Å². The second-order valence-corrected chi connectivity index (χ2v) is 4.93. The minimum absolute atomic E-state index is 0.0252. The van der Waals surface area contributed by atoms with Gasteiger partial charge in [-0.2, -0.15) is 0 Å². The number of carbonyl (C=O) groups excluding carboxylic acids is 2. The number of piperazine rings is 1. The van der Waals surface area contributed by atoms with Crippen LogP contribution in [0.4, 0.5) is 0 Å². The molecule has 0 aliphatic carbocycles. The third-order valence-corrected chi connectivity index (χ3v) is 3.52. The van der Waals surface area contributed by atoms with Gasteiger partial charge >= 0.3 is 0 Å². The van der Waals surface area contributed by atoms with E-state index in [1.807, 2.05) is 24.3 Å². The van der Waals surface area contributed by atoms with Gasteiger partial charge in [-0.15, -0.1) is 0 Å². The number of methoxy groups -OCH3 is 1. The number of amides is 2. The van der Waals surface area contributed by atoms with Crippen LogP contribution in [0.3, 0.4) is 0 Å². The standard InChI is InChI=1S/C15H20N2O3/c1-12(18)16-7-9-17(10-8-16)15(19)14-5-3-13(4-6-14)11-20-2/h3-6H,7-11H2,1-2H3. The normalized spacial score (nSPS) is 15.3. The summed E-state index contributed by atoms with van der Waals surface area (Å²) in [6.07, 6.45) is 0. The molecule has 0 bridgehead atoms. The lowest BCUT2D eigenvalue weighted by Crippen LogP contribution is -2.50. The number of carbonyl (C=O) groups is 2. The van der Waals surface area contributed by atoms with E-state index in [-0.39, 0.29) is 11.8 Å². The fraction of sp³-hybridized carbons (Fsp3) is 0.467. The maximum Gasteiger partial charge on any atom is 0.253 e. The Labute approximate surface area is 119 Å². The molecule has 108 valence electrons. The van der Waals surface area contributed by atoms with E-state index in [4.69, 9.17) is 4.74 Å². The van der Waals surface area contributed by atoms with Gasteiger partial charge in [0.25, 0.3) is 5.91 Å². The summed E-state index contributed by atoms with van der Waals surface area (Å²) < 4.78 is 5.05. The lowest BCUT2D eigenvalue weighted by molar-refractivity contribution is -0.130. The monoisotopic (exact) mass is 276 g/mol. The van der Waals surface area contributed by atoms with E-state index < -0.39 is 0 Å². The summed E-state index contributed by atoms with van der Waals surface area (Å²) in [7, 11) is 1.65. The number of rotatable bonds is 3. The molecule has 0 aromatic heterocycles. The summed E-state index contributed by atoms with van der Waals surface area (Å²) in [6.45, 7) is 4.53. The highest BCUT2D eigenvalue weighted by Crippen LogP contribution is 2.11. The Morgan fingerprint density at radius 3 is 2.10 bits per heavy atom. The van der Waals surface area contributed by atoms with E-state index in [0.29, 0.717) is 38.3 Å². The topological polar surface area (TPSA) is 49.9 Å². The first-order chi connectivity index (χ1) is 9.61. The molecule has 1 aromatic carbocycles. The van der Waals surface area contributed by atoms with Gasteiger partial charge in [0, 0.05) is 45.8 Å². The van der Waals surface area contributed by atoms with Gasteiger partial charge in [-0.05, 0) is 17.7 Å². The van der Waals surface area contributed by atoms with Crippen LogP contribution in [0.15, 0.2) is 24.3 Å². The van der Waals surface area contributed by atoms with E-state index >= 15 is 0 Å². The highest BCUT2D eigenvalue weighted by Gasteiger charge is 2.22. The molecule has 1 fully saturated rings. The SMILES string of the molecule is COCc1ccc(C(=O)N2CCN(C(C)=O)CC2)cc1. The van der Waals surface area contributed by atoms with Crippen molar-refractivity contribution in [1.29, 1.82) is 0 Å². The zero-order chi connectivity index (χ0) is 14.5. The average Bonchev–Trinajstić information content (AvgIpc) is 2.48. The maximum absolute atomic E-state index is 12.3. The molecular formula is C15H20N2O3. The minimum Gasteiger partial charge on any atom is -0.380 e. The molecular weight excluding hydrogens is 256 g/mol. The molecule has 0 unspecified atom stereocenters. The van der Waals surface area contributed by atoms with E-state index in [0.717, 1.165) is 5.56 Å². The Balaban J connectivity index is 1.96. The molecule has 20 heavy (non-hydrogen) atoms. The maximum atomic E-state index is 12.3. The summed E-state index contributed by atoms with van der Waals surface area (Å²) in [6, 6.07) is 7.47. The Bertz CT molecular complexity index is 476. The van der Waals surface area contributed by atoms with Crippen molar-refractivity contribution in [3.63, 3.8) is 0 Å². The van der Waals surface area contributed by atoms with Crippen molar-refractivity contribution in [3.8, 4) is 0 Å². The van der Waals surface area contributed by atoms with Gasteiger partial charge < -0.3 is 14.5 Å². The molecule has 1 heterocycles. The van der Waals surface area contributed by atoms with E-state index in [1.54, 1.807) is 23.8 Å². The van der Waals surface area contributed by atoms with Crippen molar-refractivity contribution >= 4 is 11.8 Å². The molecule has 0 N–H and O–H groups in total. The van der Waals surface area contributed by atoms with Gasteiger partial charge in [0.2, 0.25) is 5.91 Å². The minimum atomic E-state index is 0.0252. The summed E-state index contributed by atoms with van der Waals surface area (Å²) >= 11 is 0. The van der Waals surface area contributed by atoms with Crippen molar-refractivity contribution in [1.82, 2.24) is 9.80 Å². The Morgan fingerprint density at radius 1 is 1.05 bits per heavy atom. The van der Waals surface area contributed by atoms with Crippen LogP contribution in [0.2, 0.25) is 0 Å². The van der Waals surface area contributed by atoms with E-state index in [9.17, 15) is 9.59 Å². The lowest BCUT2D eigenvalue weighted by Gasteiger charge is -2.34. The molecule has 2 amide bonds. The third-order valence-electron chi connectivity index (χ3n) is 3.52. The number of hydrogen-bond donors (Lipinski definition) is 0. The fourth-order valence-corrected chi connectivity index (χ4v) is 2.32. The first kappa shape index (κ1) is 14.5. The van der Waals surface area contributed by atoms with Crippen LogP contribution >= 0.6 is 0 Å². The zero-order valence-corrected chi connectivity index (χ0v) is 12.0.